The first-order valence-electron chi connectivity index (χ1n) is 16.3. The molecule has 1 fully saturated rings. The molecule has 6 aromatic rings. The molecular formula is C41H36N2O5S. The highest BCUT2D eigenvalue weighted by atomic mass is 32.2. The van der Waals surface area contributed by atoms with Gasteiger partial charge < -0.3 is 24.3 Å². The van der Waals surface area contributed by atoms with E-state index in [-0.39, 0.29) is 30.6 Å². The Bertz CT molecular complexity index is 1910. The molecule has 8 heteroatoms. The second-order valence-corrected chi connectivity index (χ2v) is 12.9. The van der Waals surface area contributed by atoms with Gasteiger partial charge in [0.25, 0.3) is 11.1 Å². The topological polar surface area (TPSA) is 93.8 Å². The minimum absolute atomic E-state index is 0.00897. The predicted octanol–water partition coefficient (Wildman–Crippen LogP) is 9.34. The summed E-state index contributed by atoms with van der Waals surface area (Å²) in [5, 5.41) is 13.1. The molecule has 4 atom stereocenters. The lowest BCUT2D eigenvalue weighted by atomic mass is 9.91. The zero-order chi connectivity index (χ0) is 33.6. The van der Waals surface area contributed by atoms with E-state index in [0.717, 1.165) is 39.3 Å². The molecule has 7 nitrogen and oxygen atoms in total. The molecule has 7 rings (SSSR count). The van der Waals surface area contributed by atoms with E-state index in [4.69, 9.17) is 18.9 Å². The fourth-order valence-electron chi connectivity index (χ4n) is 5.92. The lowest BCUT2D eigenvalue weighted by Gasteiger charge is -2.41. The highest BCUT2D eigenvalue weighted by Crippen LogP contribution is 2.44. The van der Waals surface area contributed by atoms with Crippen molar-refractivity contribution in [2.75, 3.05) is 11.1 Å². The number of ether oxygens (including phenoxy) is 2. The summed E-state index contributed by atoms with van der Waals surface area (Å²) in [5.74, 6) is 1.13. The molecule has 1 saturated heterocycles. The Morgan fingerprint density at radius 1 is 0.755 bits per heavy atom. The summed E-state index contributed by atoms with van der Waals surface area (Å²) in [6.07, 6.45) is -1.12. The number of amides is 1. The zero-order valence-corrected chi connectivity index (χ0v) is 27.8. The van der Waals surface area contributed by atoms with E-state index in [1.807, 2.05) is 127 Å². The van der Waals surface area contributed by atoms with Crippen LogP contribution < -0.4 is 5.32 Å². The molecule has 5 aromatic carbocycles. The maximum atomic E-state index is 12.7. The molecule has 0 spiro atoms. The Balaban J connectivity index is 1.13. The Kier molecular flexibility index (Phi) is 10.0. The molecule has 1 aliphatic heterocycles. The number of benzene rings is 5. The van der Waals surface area contributed by atoms with Gasteiger partial charge in [-0.25, -0.2) is 4.98 Å². The number of rotatable bonds is 10. The summed E-state index contributed by atoms with van der Waals surface area (Å²) < 4.78 is 19.7. The Morgan fingerprint density at radius 2 is 1.37 bits per heavy atom. The lowest BCUT2D eigenvalue weighted by molar-refractivity contribution is -0.268. The van der Waals surface area contributed by atoms with Gasteiger partial charge in [-0.05, 0) is 35.4 Å². The number of oxazole rings is 1. The normalized spacial score (nSPS) is 19.0. The predicted molar refractivity (Wildman–Crippen MR) is 192 cm³/mol. The summed E-state index contributed by atoms with van der Waals surface area (Å²) in [6.45, 7) is 2.11. The molecule has 0 radical (unpaired) electrons. The van der Waals surface area contributed by atoms with Crippen LogP contribution in [0.15, 0.2) is 149 Å². The number of aliphatic hydroxyl groups is 1. The second kappa shape index (κ2) is 15.1. The smallest absolute Gasteiger partial charge is 0.256 e. The van der Waals surface area contributed by atoms with E-state index in [0.29, 0.717) is 22.2 Å². The number of carbonyl (C=O) groups is 1. The number of thioether (sulfide) groups is 1. The average molecular weight is 669 g/mol. The molecule has 2 heterocycles. The average Bonchev–Trinajstić information content (AvgIpc) is 3.60. The second-order valence-electron chi connectivity index (χ2n) is 12.0. The summed E-state index contributed by atoms with van der Waals surface area (Å²) in [7, 11) is 0. The SMILES string of the molecule is C[C@H]1[C@@H](CSc2nc(-c3ccccc3)c(-c3ccccc3)o2)O[C@@H](c2ccc(NC(=O)c3ccccc3)cc2)O[C@H]1c1ccc(CO)cc1. The van der Waals surface area contributed by atoms with Crippen molar-refractivity contribution in [1.29, 1.82) is 0 Å². The largest absolute Gasteiger partial charge is 0.431 e. The molecule has 1 aromatic heterocycles. The number of hydrogen-bond acceptors (Lipinski definition) is 7. The standard InChI is InChI=1S/C41H36N2O5S/c1-27-35(26-49-41-43-36(29-11-5-2-6-12-29)38(48-41)30-13-7-3-8-14-30)46-40(47-37(27)31-19-17-28(25-44)18-20-31)33-21-23-34(24-22-33)42-39(45)32-15-9-4-10-16-32/h2-24,27,35,37,40,44H,25-26H2,1H3,(H,42,45)/t27-,35+,37+,40+/m0/s1. The molecule has 0 saturated carbocycles. The number of hydrogen-bond donors (Lipinski definition) is 2. The van der Waals surface area contributed by atoms with Gasteiger partial charge in [-0.2, -0.15) is 0 Å². The summed E-state index contributed by atoms with van der Waals surface area (Å²) in [6, 6.07) is 44.6. The third kappa shape index (κ3) is 7.53. The van der Waals surface area contributed by atoms with E-state index in [1.54, 1.807) is 12.1 Å². The molecule has 246 valence electrons. The summed E-state index contributed by atoms with van der Waals surface area (Å²) in [5.41, 5.74) is 6.71. The van der Waals surface area contributed by atoms with E-state index in [2.05, 4.69) is 12.2 Å². The first kappa shape index (κ1) is 32.6. The van der Waals surface area contributed by atoms with Crippen LogP contribution in [0.4, 0.5) is 5.69 Å². The third-order valence-corrected chi connectivity index (χ3v) is 9.58. The lowest BCUT2D eigenvalue weighted by Crippen LogP contribution is -2.38. The maximum absolute atomic E-state index is 12.7. The van der Waals surface area contributed by atoms with Crippen LogP contribution in [-0.4, -0.2) is 27.9 Å². The van der Waals surface area contributed by atoms with E-state index in [9.17, 15) is 9.90 Å². The number of carbonyl (C=O) groups excluding carboxylic acids is 1. The Morgan fingerprint density at radius 3 is 2.02 bits per heavy atom. The van der Waals surface area contributed by atoms with Crippen LogP contribution in [0.1, 0.15) is 46.4 Å². The minimum Gasteiger partial charge on any atom is -0.431 e. The number of nitrogens with one attached hydrogen (secondary N) is 1. The van der Waals surface area contributed by atoms with Crippen molar-refractivity contribution in [3.05, 3.63) is 162 Å². The number of anilines is 1. The fraction of sp³-hybridized carbons (Fsp3) is 0.171. The van der Waals surface area contributed by atoms with Gasteiger partial charge in [0.05, 0.1) is 18.8 Å². The van der Waals surface area contributed by atoms with Gasteiger partial charge >= 0.3 is 0 Å². The number of nitrogens with zero attached hydrogens (tertiary/aromatic N) is 1. The van der Waals surface area contributed by atoms with Crippen molar-refractivity contribution in [2.24, 2.45) is 5.92 Å². The van der Waals surface area contributed by atoms with Gasteiger partial charge in [0.1, 0.15) is 5.69 Å². The third-order valence-electron chi connectivity index (χ3n) is 8.66. The molecule has 1 amide bonds. The van der Waals surface area contributed by atoms with Gasteiger partial charge in [-0.1, -0.05) is 134 Å². The van der Waals surface area contributed by atoms with Crippen LogP contribution in [0.2, 0.25) is 0 Å². The molecule has 0 aliphatic carbocycles. The zero-order valence-electron chi connectivity index (χ0n) is 26.9. The Hall–Kier alpha value is -4.99. The van der Waals surface area contributed by atoms with Crippen molar-refractivity contribution < 1.29 is 23.8 Å². The number of aromatic nitrogens is 1. The monoisotopic (exact) mass is 668 g/mol. The van der Waals surface area contributed by atoms with Crippen LogP contribution in [0, 0.1) is 5.92 Å². The molecule has 1 aliphatic rings. The van der Waals surface area contributed by atoms with E-state index in [1.165, 1.54) is 11.8 Å². The van der Waals surface area contributed by atoms with Crippen molar-refractivity contribution in [2.45, 2.75) is 37.3 Å². The van der Waals surface area contributed by atoms with Crippen molar-refractivity contribution in [3.8, 4) is 22.6 Å². The van der Waals surface area contributed by atoms with Crippen LogP contribution in [-0.2, 0) is 16.1 Å². The van der Waals surface area contributed by atoms with Crippen molar-refractivity contribution in [1.82, 2.24) is 4.98 Å². The van der Waals surface area contributed by atoms with E-state index < -0.39 is 6.29 Å². The van der Waals surface area contributed by atoms with E-state index >= 15 is 0 Å². The quantitative estimate of drug-likeness (QED) is 0.141. The summed E-state index contributed by atoms with van der Waals surface area (Å²) >= 11 is 1.52. The number of aliphatic hydroxyl groups excluding tert-OH is 1. The maximum Gasteiger partial charge on any atom is 0.256 e. The van der Waals surface area contributed by atoms with Gasteiger partial charge in [0.15, 0.2) is 12.1 Å². The van der Waals surface area contributed by atoms with Crippen LogP contribution >= 0.6 is 11.8 Å². The van der Waals surface area contributed by atoms with Crippen molar-refractivity contribution in [3.63, 3.8) is 0 Å². The Labute approximate surface area is 290 Å². The van der Waals surface area contributed by atoms with Gasteiger partial charge in [0.2, 0.25) is 0 Å². The highest BCUT2D eigenvalue weighted by Gasteiger charge is 2.38. The first-order valence-corrected chi connectivity index (χ1v) is 17.3. The van der Waals surface area contributed by atoms with Gasteiger partial charge in [-0.3, -0.25) is 4.79 Å². The van der Waals surface area contributed by atoms with Gasteiger partial charge in [0, 0.05) is 39.6 Å². The fourth-order valence-corrected chi connectivity index (χ4v) is 6.91. The molecular weight excluding hydrogens is 633 g/mol. The molecule has 49 heavy (non-hydrogen) atoms. The van der Waals surface area contributed by atoms with Crippen LogP contribution in [0.25, 0.3) is 22.6 Å². The van der Waals surface area contributed by atoms with Gasteiger partial charge in [-0.15, -0.1) is 0 Å². The first-order chi connectivity index (χ1) is 24.1. The van der Waals surface area contributed by atoms with Crippen LogP contribution in [0.3, 0.4) is 0 Å². The molecule has 0 unspecified atom stereocenters. The minimum atomic E-state index is -0.646. The molecule has 2 N–H and O–H groups in total. The summed E-state index contributed by atoms with van der Waals surface area (Å²) in [4.78, 5) is 17.7. The van der Waals surface area contributed by atoms with Crippen molar-refractivity contribution >= 4 is 23.4 Å². The molecule has 0 bridgehead atoms. The highest BCUT2D eigenvalue weighted by molar-refractivity contribution is 7.99. The van der Waals surface area contributed by atoms with Crippen LogP contribution in [0.5, 0.6) is 0 Å².